The van der Waals surface area contributed by atoms with Crippen LogP contribution < -0.4 is 16.4 Å². The van der Waals surface area contributed by atoms with Crippen LogP contribution in [-0.2, 0) is 9.59 Å². The van der Waals surface area contributed by atoms with Crippen LogP contribution in [0.15, 0.2) is 36.5 Å². The van der Waals surface area contributed by atoms with Crippen LogP contribution in [0.2, 0.25) is 0 Å². The second-order valence-electron chi connectivity index (χ2n) is 8.23. The largest absolute Gasteiger partial charge is 0.480 e. The Balaban J connectivity index is 3.68. The molecule has 0 saturated heterocycles. The van der Waals surface area contributed by atoms with E-state index in [9.17, 15) is 19.5 Å². The average molecular weight is 464 g/mol. The minimum absolute atomic E-state index is 0.243. The predicted octanol–water partition coefficient (Wildman–Crippen LogP) is 5.37. The minimum atomic E-state index is -1.07. The van der Waals surface area contributed by atoms with Crippen molar-refractivity contribution in [2.75, 3.05) is 6.54 Å². The summed E-state index contributed by atoms with van der Waals surface area (Å²) < 4.78 is 0. The Morgan fingerprint density at radius 3 is 1.97 bits per heavy atom. The highest BCUT2D eigenvalue weighted by Crippen LogP contribution is 2.07. The zero-order chi connectivity index (χ0) is 24.6. The highest BCUT2D eigenvalue weighted by atomic mass is 16.4. The van der Waals surface area contributed by atoms with Crippen molar-refractivity contribution in [1.29, 1.82) is 0 Å². The fourth-order valence-electron chi connectivity index (χ4n) is 3.23. The first-order chi connectivity index (χ1) is 16.0. The number of primary amides is 1. The summed E-state index contributed by atoms with van der Waals surface area (Å²) in [6.07, 6.45) is 26.2. The number of carbonyl (C=O) groups excluding carboxylic acids is 2. The average Bonchev–Trinajstić information content (AvgIpc) is 2.77. The number of aliphatic carboxylic acids is 1. The van der Waals surface area contributed by atoms with Gasteiger partial charge in [-0.25, -0.2) is 9.59 Å². The second kappa shape index (κ2) is 22.6. The molecular weight excluding hydrogens is 418 g/mol. The van der Waals surface area contributed by atoms with Crippen LogP contribution in [0.1, 0.15) is 96.8 Å². The molecule has 0 spiro atoms. The van der Waals surface area contributed by atoms with E-state index in [1.54, 1.807) is 0 Å². The van der Waals surface area contributed by atoms with E-state index in [1.165, 1.54) is 25.7 Å². The summed E-state index contributed by atoms with van der Waals surface area (Å²) in [6, 6.07) is -1.58. The van der Waals surface area contributed by atoms with Gasteiger partial charge in [-0.1, -0.05) is 69.1 Å². The van der Waals surface area contributed by atoms with E-state index in [1.807, 2.05) is 0 Å². The zero-order valence-electron chi connectivity index (χ0n) is 20.4. The maximum atomic E-state index is 12.0. The SMILES string of the molecule is CCCCC/C=C\C/C=C\C/C=C\CCCCCCC(=O)N[C@@H](CCCNC(N)=O)C(=O)O. The first-order valence-electron chi connectivity index (χ1n) is 12.5. The van der Waals surface area contributed by atoms with Crippen molar-refractivity contribution in [1.82, 2.24) is 10.6 Å². The van der Waals surface area contributed by atoms with Crippen LogP contribution in [0.3, 0.4) is 0 Å². The Bertz CT molecular complexity index is 615. The lowest BCUT2D eigenvalue weighted by molar-refractivity contribution is -0.142. The van der Waals surface area contributed by atoms with E-state index in [2.05, 4.69) is 54.0 Å². The number of allylic oxidation sites excluding steroid dienone is 6. The molecule has 7 heteroatoms. The molecule has 1 atom stereocenters. The molecule has 0 radical (unpaired) electrons. The summed E-state index contributed by atoms with van der Waals surface area (Å²) in [5.41, 5.74) is 4.96. The maximum absolute atomic E-state index is 12.0. The van der Waals surface area contributed by atoms with Crippen molar-refractivity contribution in [3.63, 3.8) is 0 Å². The molecule has 0 saturated carbocycles. The third kappa shape index (κ3) is 22.4. The first kappa shape index (κ1) is 30.4. The number of urea groups is 1. The zero-order valence-corrected chi connectivity index (χ0v) is 20.4. The number of rotatable bonds is 21. The number of carbonyl (C=O) groups is 3. The van der Waals surface area contributed by atoms with Gasteiger partial charge in [0.05, 0.1) is 0 Å². The van der Waals surface area contributed by atoms with Gasteiger partial charge in [0.15, 0.2) is 0 Å². The van der Waals surface area contributed by atoms with Crippen molar-refractivity contribution in [3.05, 3.63) is 36.5 Å². The normalized spacial score (nSPS) is 12.5. The van der Waals surface area contributed by atoms with Crippen molar-refractivity contribution in [2.24, 2.45) is 5.73 Å². The van der Waals surface area contributed by atoms with E-state index < -0.39 is 18.0 Å². The number of amides is 3. The topological polar surface area (TPSA) is 122 Å². The molecule has 0 aromatic heterocycles. The van der Waals surface area contributed by atoms with Crippen LogP contribution >= 0.6 is 0 Å². The summed E-state index contributed by atoms with van der Waals surface area (Å²) in [7, 11) is 0. The second-order valence-corrected chi connectivity index (χ2v) is 8.23. The Labute approximate surface area is 200 Å². The van der Waals surface area contributed by atoms with Gasteiger partial charge in [0.2, 0.25) is 5.91 Å². The molecule has 0 heterocycles. The summed E-state index contributed by atoms with van der Waals surface area (Å²) in [4.78, 5) is 33.8. The summed E-state index contributed by atoms with van der Waals surface area (Å²) in [5, 5.41) is 14.2. The molecule has 0 rings (SSSR count). The molecule has 0 fully saturated rings. The van der Waals surface area contributed by atoms with Gasteiger partial charge >= 0.3 is 12.0 Å². The van der Waals surface area contributed by atoms with E-state index in [4.69, 9.17) is 5.73 Å². The quantitative estimate of drug-likeness (QED) is 0.135. The summed E-state index contributed by atoms with van der Waals surface area (Å²) in [6.45, 7) is 2.51. The lowest BCUT2D eigenvalue weighted by Gasteiger charge is -2.14. The van der Waals surface area contributed by atoms with Gasteiger partial charge < -0.3 is 21.5 Å². The number of nitrogens with one attached hydrogen (secondary N) is 2. The molecule has 0 aromatic carbocycles. The molecular formula is C26H45N3O4. The van der Waals surface area contributed by atoms with Crippen LogP contribution in [0.5, 0.6) is 0 Å². The highest BCUT2D eigenvalue weighted by molar-refractivity contribution is 5.83. The standard InChI is InChI=1S/C26H45N3O4/c1-2-3-4-5-6-7-8-9-10-11-12-13-14-15-16-17-18-21-24(30)29-23(25(31)32)20-19-22-28-26(27)33/h6-7,9-10,12-13,23H,2-5,8,11,14-22H2,1H3,(H,29,30)(H,31,32)(H3,27,28,33)/b7-6-,10-9-,13-12-/t23-/m0/s1. The molecule has 0 unspecified atom stereocenters. The molecule has 0 aliphatic heterocycles. The van der Waals surface area contributed by atoms with E-state index >= 15 is 0 Å². The molecule has 0 aliphatic rings. The Kier molecular flexibility index (Phi) is 20.9. The number of nitrogens with two attached hydrogens (primary N) is 1. The molecule has 33 heavy (non-hydrogen) atoms. The van der Waals surface area contributed by atoms with Crippen molar-refractivity contribution < 1.29 is 19.5 Å². The van der Waals surface area contributed by atoms with Crippen molar-refractivity contribution in [3.8, 4) is 0 Å². The maximum Gasteiger partial charge on any atom is 0.326 e. The van der Waals surface area contributed by atoms with E-state index in [0.717, 1.165) is 44.9 Å². The molecule has 0 aromatic rings. The highest BCUT2D eigenvalue weighted by Gasteiger charge is 2.19. The fourth-order valence-corrected chi connectivity index (χ4v) is 3.23. The number of carboxylic acid groups (broad SMARTS) is 1. The number of hydrogen-bond donors (Lipinski definition) is 4. The molecule has 5 N–H and O–H groups in total. The molecule has 0 aliphatic carbocycles. The number of hydrogen-bond acceptors (Lipinski definition) is 3. The Hall–Kier alpha value is -2.57. The van der Waals surface area contributed by atoms with E-state index in [0.29, 0.717) is 12.8 Å². The molecule has 7 nitrogen and oxygen atoms in total. The minimum Gasteiger partial charge on any atom is -0.480 e. The Morgan fingerprint density at radius 2 is 1.39 bits per heavy atom. The van der Waals surface area contributed by atoms with Crippen molar-refractivity contribution in [2.45, 2.75) is 103 Å². The van der Waals surface area contributed by atoms with Crippen molar-refractivity contribution >= 4 is 17.9 Å². The first-order valence-corrected chi connectivity index (χ1v) is 12.5. The van der Waals surface area contributed by atoms with Crippen LogP contribution in [0, 0.1) is 0 Å². The van der Waals surface area contributed by atoms with Gasteiger partial charge in [-0.05, 0) is 57.8 Å². The molecule has 188 valence electrons. The third-order valence-electron chi connectivity index (χ3n) is 5.15. The van der Waals surface area contributed by atoms with Gasteiger partial charge in [-0.3, -0.25) is 4.79 Å². The number of carboxylic acids is 1. The number of unbranched alkanes of at least 4 members (excludes halogenated alkanes) is 7. The molecule has 0 bridgehead atoms. The van der Waals surface area contributed by atoms with Gasteiger partial charge in [0, 0.05) is 13.0 Å². The Morgan fingerprint density at radius 1 is 0.818 bits per heavy atom. The summed E-state index contributed by atoms with van der Waals surface area (Å²) >= 11 is 0. The third-order valence-corrected chi connectivity index (χ3v) is 5.15. The van der Waals surface area contributed by atoms with Crippen LogP contribution in [-0.4, -0.2) is 35.6 Å². The van der Waals surface area contributed by atoms with E-state index in [-0.39, 0.29) is 18.9 Å². The van der Waals surface area contributed by atoms with Gasteiger partial charge in [0.1, 0.15) is 6.04 Å². The summed E-state index contributed by atoms with van der Waals surface area (Å²) in [5.74, 6) is -1.31. The van der Waals surface area contributed by atoms with Gasteiger partial charge in [0.25, 0.3) is 0 Å². The van der Waals surface area contributed by atoms with Crippen LogP contribution in [0.4, 0.5) is 4.79 Å². The van der Waals surface area contributed by atoms with Gasteiger partial charge in [-0.2, -0.15) is 0 Å². The lowest BCUT2D eigenvalue weighted by Crippen LogP contribution is -2.41. The monoisotopic (exact) mass is 463 g/mol. The molecule has 3 amide bonds. The van der Waals surface area contributed by atoms with Crippen LogP contribution in [0.25, 0.3) is 0 Å². The lowest BCUT2D eigenvalue weighted by atomic mass is 10.1. The fraction of sp³-hybridized carbons (Fsp3) is 0.654. The van der Waals surface area contributed by atoms with Gasteiger partial charge in [-0.15, -0.1) is 0 Å². The predicted molar refractivity (Wildman–Crippen MR) is 135 cm³/mol. The smallest absolute Gasteiger partial charge is 0.326 e.